The number of halogens is 6. The number of nitrogens with one attached hydrogen (secondary N) is 1. The quantitative estimate of drug-likeness (QED) is 0.781. The summed E-state index contributed by atoms with van der Waals surface area (Å²) in [5, 5.41) is 3.06. The van der Waals surface area contributed by atoms with E-state index in [2.05, 4.69) is 15.3 Å². The van der Waals surface area contributed by atoms with E-state index in [1.54, 1.807) is 0 Å². The molecule has 1 aliphatic rings. The van der Waals surface area contributed by atoms with Crippen molar-refractivity contribution in [3.05, 3.63) is 47.3 Å². The Morgan fingerprint density at radius 2 is 1.54 bits per heavy atom. The van der Waals surface area contributed by atoms with Crippen LogP contribution in [0.5, 0.6) is 0 Å². The number of hydrogen-bond acceptors (Lipinski definition) is 4. The predicted molar refractivity (Wildman–Crippen MR) is 86.2 cm³/mol. The maximum atomic E-state index is 13.0. The molecule has 0 aliphatic carbocycles. The van der Waals surface area contributed by atoms with Gasteiger partial charge in [-0.2, -0.15) is 26.3 Å². The molecule has 150 valence electrons. The van der Waals surface area contributed by atoms with Gasteiger partial charge in [0.25, 0.3) is 5.91 Å². The van der Waals surface area contributed by atoms with E-state index in [1.807, 2.05) is 0 Å². The Bertz CT molecular complexity index is 842. The number of nitrogens with zero attached hydrogens (tertiary/aromatic N) is 3. The molecule has 2 aromatic rings. The number of hydrogen-bond donors (Lipinski definition) is 1. The Morgan fingerprint density at radius 1 is 0.964 bits per heavy atom. The van der Waals surface area contributed by atoms with Crippen LogP contribution in [0.15, 0.2) is 30.5 Å². The van der Waals surface area contributed by atoms with Gasteiger partial charge in [-0.3, -0.25) is 4.79 Å². The fraction of sp³-hybridized carbons (Fsp3) is 0.353. The fourth-order valence-electron chi connectivity index (χ4n) is 2.73. The molecule has 0 atom stereocenters. The van der Waals surface area contributed by atoms with E-state index >= 15 is 0 Å². The maximum absolute atomic E-state index is 13.0. The smallest absolute Gasteiger partial charge is 0.335 e. The van der Waals surface area contributed by atoms with Crippen LogP contribution in [-0.2, 0) is 12.4 Å². The standard InChI is InChI=1S/C17H14F6N4O/c18-16(19,20)11-7-10(8-12(9-11)17(21,22)23)14-25-2-1-13(26-14)15(28)27-5-3-24-4-6-27/h1-2,7-9,24H,3-6H2. The summed E-state index contributed by atoms with van der Waals surface area (Å²) in [6.07, 6.45) is -8.83. The number of piperazine rings is 1. The monoisotopic (exact) mass is 404 g/mol. The van der Waals surface area contributed by atoms with Gasteiger partial charge in [0.15, 0.2) is 5.82 Å². The number of carbonyl (C=O) groups excluding carboxylic acids is 1. The molecule has 11 heteroatoms. The van der Waals surface area contributed by atoms with Crippen LogP contribution in [0.25, 0.3) is 11.4 Å². The zero-order valence-corrected chi connectivity index (χ0v) is 14.2. The lowest BCUT2D eigenvalue weighted by molar-refractivity contribution is -0.143. The second-order valence-corrected chi connectivity index (χ2v) is 6.10. The maximum Gasteiger partial charge on any atom is 0.416 e. The minimum absolute atomic E-state index is 0.0270. The number of amides is 1. The van der Waals surface area contributed by atoms with Crippen LogP contribution in [0.3, 0.4) is 0 Å². The summed E-state index contributed by atoms with van der Waals surface area (Å²) in [7, 11) is 0. The largest absolute Gasteiger partial charge is 0.416 e. The van der Waals surface area contributed by atoms with Crippen LogP contribution < -0.4 is 5.32 Å². The summed E-state index contributed by atoms with van der Waals surface area (Å²) in [6, 6.07) is 2.36. The average Bonchev–Trinajstić information content (AvgIpc) is 2.66. The Hall–Kier alpha value is -2.69. The molecule has 2 heterocycles. The molecule has 28 heavy (non-hydrogen) atoms. The number of rotatable bonds is 2. The fourth-order valence-corrected chi connectivity index (χ4v) is 2.73. The normalized spacial score (nSPS) is 15.6. The lowest BCUT2D eigenvalue weighted by atomic mass is 10.0. The average molecular weight is 404 g/mol. The summed E-state index contributed by atoms with van der Waals surface area (Å²) in [5.74, 6) is -0.856. The van der Waals surface area contributed by atoms with E-state index in [1.165, 1.54) is 11.0 Å². The number of alkyl halides is 6. The lowest BCUT2D eigenvalue weighted by Gasteiger charge is -2.27. The molecule has 1 saturated heterocycles. The molecule has 1 fully saturated rings. The first-order valence-corrected chi connectivity index (χ1v) is 8.18. The van der Waals surface area contributed by atoms with E-state index in [-0.39, 0.29) is 11.8 Å². The molecule has 1 amide bonds. The van der Waals surface area contributed by atoms with Gasteiger partial charge in [0.1, 0.15) is 5.69 Å². The Labute approximate surface area is 155 Å². The third kappa shape index (κ3) is 4.41. The van der Waals surface area contributed by atoms with Crippen LogP contribution in [0, 0.1) is 0 Å². The molecule has 0 unspecified atom stereocenters. The van der Waals surface area contributed by atoms with Gasteiger partial charge in [-0.1, -0.05) is 0 Å². The van der Waals surface area contributed by atoms with Crippen LogP contribution >= 0.6 is 0 Å². The van der Waals surface area contributed by atoms with Gasteiger partial charge in [0.05, 0.1) is 11.1 Å². The van der Waals surface area contributed by atoms with Crippen LogP contribution in [0.1, 0.15) is 21.6 Å². The highest BCUT2D eigenvalue weighted by Crippen LogP contribution is 2.38. The number of benzene rings is 1. The van der Waals surface area contributed by atoms with Crippen molar-refractivity contribution in [1.29, 1.82) is 0 Å². The second kappa shape index (κ2) is 7.38. The molecule has 0 saturated carbocycles. The van der Waals surface area contributed by atoms with Crippen molar-refractivity contribution in [2.75, 3.05) is 26.2 Å². The third-order valence-corrected chi connectivity index (χ3v) is 4.12. The summed E-state index contributed by atoms with van der Waals surface area (Å²) < 4.78 is 78.2. The van der Waals surface area contributed by atoms with E-state index in [4.69, 9.17) is 0 Å². The first-order chi connectivity index (χ1) is 13.1. The molecule has 5 nitrogen and oxygen atoms in total. The van der Waals surface area contributed by atoms with Gasteiger partial charge in [-0.15, -0.1) is 0 Å². The van der Waals surface area contributed by atoms with E-state index in [0.29, 0.717) is 38.3 Å². The van der Waals surface area contributed by atoms with Crippen molar-refractivity contribution >= 4 is 5.91 Å². The van der Waals surface area contributed by atoms with Crippen LogP contribution in [-0.4, -0.2) is 47.0 Å². The van der Waals surface area contributed by atoms with Crippen molar-refractivity contribution in [2.45, 2.75) is 12.4 Å². The van der Waals surface area contributed by atoms with Gasteiger partial charge in [-0.25, -0.2) is 9.97 Å². The van der Waals surface area contributed by atoms with E-state index < -0.39 is 40.8 Å². The molecular weight excluding hydrogens is 390 g/mol. The van der Waals surface area contributed by atoms with Crippen molar-refractivity contribution < 1.29 is 31.1 Å². The van der Waals surface area contributed by atoms with Crippen molar-refractivity contribution in [1.82, 2.24) is 20.2 Å². The molecule has 0 spiro atoms. The lowest BCUT2D eigenvalue weighted by Crippen LogP contribution is -2.46. The second-order valence-electron chi connectivity index (χ2n) is 6.10. The summed E-state index contributed by atoms with van der Waals surface area (Å²) in [4.78, 5) is 21.6. The van der Waals surface area contributed by atoms with Gasteiger partial charge < -0.3 is 10.2 Å². The SMILES string of the molecule is O=C(c1ccnc(-c2cc(C(F)(F)F)cc(C(F)(F)F)c2)n1)N1CCNCC1. The highest BCUT2D eigenvalue weighted by molar-refractivity contribution is 5.92. The minimum Gasteiger partial charge on any atom is -0.335 e. The first-order valence-electron chi connectivity index (χ1n) is 8.18. The zero-order chi connectivity index (χ0) is 20.5. The molecule has 1 aromatic carbocycles. The third-order valence-electron chi connectivity index (χ3n) is 4.12. The molecule has 3 rings (SSSR count). The Morgan fingerprint density at radius 3 is 2.07 bits per heavy atom. The number of carbonyl (C=O) groups is 1. The summed E-state index contributed by atoms with van der Waals surface area (Å²) in [5.41, 5.74) is -3.52. The first kappa shape index (κ1) is 20.1. The van der Waals surface area contributed by atoms with Gasteiger partial charge in [0.2, 0.25) is 0 Å². The van der Waals surface area contributed by atoms with E-state index in [9.17, 15) is 31.1 Å². The zero-order valence-electron chi connectivity index (χ0n) is 14.2. The van der Waals surface area contributed by atoms with Gasteiger partial charge >= 0.3 is 12.4 Å². The molecular formula is C17H14F6N4O. The minimum atomic E-state index is -4.98. The Balaban J connectivity index is 2.02. The predicted octanol–water partition coefficient (Wildman–Crippen LogP) is 3.23. The number of aromatic nitrogens is 2. The summed E-state index contributed by atoms with van der Waals surface area (Å²) in [6.45, 7) is 1.98. The Kier molecular flexibility index (Phi) is 5.28. The van der Waals surface area contributed by atoms with Crippen molar-refractivity contribution in [3.8, 4) is 11.4 Å². The highest BCUT2D eigenvalue weighted by atomic mass is 19.4. The van der Waals surface area contributed by atoms with Crippen LogP contribution in [0.2, 0.25) is 0 Å². The molecule has 1 N–H and O–H groups in total. The molecule has 0 radical (unpaired) electrons. The summed E-state index contributed by atoms with van der Waals surface area (Å²) >= 11 is 0. The van der Waals surface area contributed by atoms with Gasteiger partial charge in [0, 0.05) is 37.9 Å². The molecule has 0 bridgehead atoms. The highest BCUT2D eigenvalue weighted by Gasteiger charge is 2.37. The van der Waals surface area contributed by atoms with Gasteiger partial charge in [-0.05, 0) is 24.3 Å². The molecule has 1 aromatic heterocycles. The van der Waals surface area contributed by atoms with Crippen LogP contribution in [0.4, 0.5) is 26.3 Å². The topological polar surface area (TPSA) is 58.1 Å². The van der Waals surface area contributed by atoms with Crippen molar-refractivity contribution in [2.24, 2.45) is 0 Å². The van der Waals surface area contributed by atoms with Crippen molar-refractivity contribution in [3.63, 3.8) is 0 Å². The molecule has 1 aliphatic heterocycles. The van der Waals surface area contributed by atoms with E-state index in [0.717, 1.165) is 6.20 Å².